The van der Waals surface area contributed by atoms with Gasteiger partial charge in [-0.25, -0.2) is 4.98 Å². The number of nitrogens with zero attached hydrogens (tertiary/aromatic N) is 4. The molecule has 6 nitrogen and oxygen atoms in total. The average molecular weight is 342 g/mol. The van der Waals surface area contributed by atoms with Crippen molar-refractivity contribution in [2.75, 3.05) is 19.7 Å². The van der Waals surface area contributed by atoms with Crippen LogP contribution in [0.1, 0.15) is 22.7 Å². The molecule has 1 aliphatic rings. The van der Waals surface area contributed by atoms with E-state index in [-0.39, 0.29) is 6.10 Å². The molecule has 1 unspecified atom stereocenters. The molecule has 7 heteroatoms. The zero-order valence-corrected chi connectivity index (χ0v) is 14.2. The number of rotatable bonds is 4. The van der Waals surface area contributed by atoms with E-state index in [2.05, 4.69) is 25.5 Å². The summed E-state index contributed by atoms with van der Waals surface area (Å²) in [6, 6.07) is 9.82. The average Bonchev–Trinajstić information content (AvgIpc) is 3.25. The summed E-state index contributed by atoms with van der Waals surface area (Å²) in [5.74, 6) is 1.19. The number of benzene rings is 1. The second-order valence-corrected chi connectivity index (χ2v) is 6.68. The molecular weight excluding hydrogens is 324 g/mol. The van der Waals surface area contributed by atoms with Crippen molar-refractivity contribution in [3.05, 3.63) is 52.3 Å². The van der Waals surface area contributed by atoms with Gasteiger partial charge in [0.2, 0.25) is 11.8 Å². The van der Waals surface area contributed by atoms with Crippen LogP contribution >= 0.6 is 11.3 Å². The van der Waals surface area contributed by atoms with Crippen LogP contribution in [0.25, 0.3) is 11.5 Å². The second-order valence-electron chi connectivity index (χ2n) is 5.79. The third-order valence-electron chi connectivity index (χ3n) is 3.91. The first-order chi connectivity index (χ1) is 11.8. The topological polar surface area (TPSA) is 64.3 Å². The Bertz CT molecular complexity index is 802. The number of aryl methyl sites for hydroxylation is 1. The lowest BCUT2D eigenvalue weighted by Crippen LogP contribution is -2.37. The van der Waals surface area contributed by atoms with Gasteiger partial charge in [-0.05, 0) is 19.1 Å². The molecule has 2 aromatic heterocycles. The number of morpholine rings is 1. The van der Waals surface area contributed by atoms with Crippen molar-refractivity contribution >= 4 is 11.3 Å². The fourth-order valence-electron chi connectivity index (χ4n) is 2.72. The SMILES string of the molecule is Cc1csc(C2CN(Cc3nnc(-c4ccccc4)o3)CCO2)n1. The van der Waals surface area contributed by atoms with Crippen LogP contribution in [0.3, 0.4) is 0 Å². The highest BCUT2D eigenvalue weighted by molar-refractivity contribution is 7.09. The minimum absolute atomic E-state index is 0.0222. The Labute approximate surface area is 144 Å². The Hall–Kier alpha value is -2.09. The van der Waals surface area contributed by atoms with Gasteiger partial charge < -0.3 is 9.15 Å². The molecule has 4 rings (SSSR count). The molecule has 1 saturated heterocycles. The lowest BCUT2D eigenvalue weighted by molar-refractivity contribution is -0.0352. The van der Waals surface area contributed by atoms with Gasteiger partial charge in [-0.15, -0.1) is 21.5 Å². The minimum Gasteiger partial charge on any atom is -0.419 e. The summed E-state index contributed by atoms with van der Waals surface area (Å²) in [4.78, 5) is 6.81. The predicted molar refractivity (Wildman–Crippen MR) is 90.6 cm³/mol. The molecule has 0 radical (unpaired) electrons. The normalized spacial score (nSPS) is 18.8. The van der Waals surface area contributed by atoms with Gasteiger partial charge in [-0.2, -0.15) is 0 Å². The van der Waals surface area contributed by atoms with Crippen molar-refractivity contribution in [2.24, 2.45) is 0 Å². The van der Waals surface area contributed by atoms with Gasteiger partial charge in [0.05, 0.1) is 13.2 Å². The molecule has 1 aromatic carbocycles. The molecule has 0 aliphatic carbocycles. The van der Waals surface area contributed by atoms with Gasteiger partial charge in [0.15, 0.2) is 0 Å². The molecule has 3 aromatic rings. The van der Waals surface area contributed by atoms with Crippen LogP contribution in [-0.2, 0) is 11.3 Å². The van der Waals surface area contributed by atoms with Crippen molar-refractivity contribution in [1.29, 1.82) is 0 Å². The maximum atomic E-state index is 5.86. The first-order valence-corrected chi connectivity index (χ1v) is 8.80. The van der Waals surface area contributed by atoms with Crippen molar-refractivity contribution in [2.45, 2.75) is 19.6 Å². The van der Waals surface area contributed by atoms with Crippen LogP contribution in [0.5, 0.6) is 0 Å². The third kappa shape index (κ3) is 3.38. The lowest BCUT2D eigenvalue weighted by Gasteiger charge is -2.30. The van der Waals surface area contributed by atoms with Crippen LogP contribution in [0.2, 0.25) is 0 Å². The summed E-state index contributed by atoms with van der Waals surface area (Å²) in [5, 5.41) is 11.4. The smallest absolute Gasteiger partial charge is 0.247 e. The third-order valence-corrected chi connectivity index (χ3v) is 4.96. The van der Waals surface area contributed by atoms with E-state index < -0.39 is 0 Å². The fourth-order valence-corrected chi connectivity index (χ4v) is 3.56. The van der Waals surface area contributed by atoms with Gasteiger partial charge in [-0.3, -0.25) is 4.90 Å². The summed E-state index contributed by atoms with van der Waals surface area (Å²) in [6.45, 7) is 4.96. The molecule has 1 fully saturated rings. The molecule has 24 heavy (non-hydrogen) atoms. The van der Waals surface area contributed by atoms with E-state index in [1.807, 2.05) is 37.3 Å². The van der Waals surface area contributed by atoms with E-state index in [9.17, 15) is 0 Å². The zero-order valence-electron chi connectivity index (χ0n) is 13.4. The molecule has 0 spiro atoms. The number of thiazole rings is 1. The molecule has 0 N–H and O–H groups in total. The van der Waals surface area contributed by atoms with Crippen LogP contribution in [-0.4, -0.2) is 39.8 Å². The van der Waals surface area contributed by atoms with E-state index in [0.717, 1.165) is 29.4 Å². The van der Waals surface area contributed by atoms with Gasteiger partial charge in [0.25, 0.3) is 0 Å². The molecule has 0 saturated carbocycles. The Kier molecular flexibility index (Phi) is 4.38. The van der Waals surface area contributed by atoms with Crippen LogP contribution in [0.4, 0.5) is 0 Å². The fraction of sp³-hybridized carbons (Fsp3) is 0.353. The maximum absolute atomic E-state index is 5.86. The van der Waals surface area contributed by atoms with E-state index in [4.69, 9.17) is 9.15 Å². The van der Waals surface area contributed by atoms with Crippen molar-refractivity contribution < 1.29 is 9.15 Å². The largest absolute Gasteiger partial charge is 0.419 e. The van der Waals surface area contributed by atoms with Crippen molar-refractivity contribution in [1.82, 2.24) is 20.1 Å². The van der Waals surface area contributed by atoms with E-state index in [1.165, 1.54) is 0 Å². The molecule has 3 heterocycles. The van der Waals surface area contributed by atoms with Gasteiger partial charge in [0.1, 0.15) is 11.1 Å². The Morgan fingerprint density at radius 2 is 2.12 bits per heavy atom. The monoisotopic (exact) mass is 342 g/mol. The van der Waals surface area contributed by atoms with Gasteiger partial charge in [0, 0.05) is 29.7 Å². The van der Waals surface area contributed by atoms with Crippen molar-refractivity contribution in [3.8, 4) is 11.5 Å². The number of ether oxygens (including phenoxy) is 1. The highest BCUT2D eigenvalue weighted by Gasteiger charge is 2.25. The Morgan fingerprint density at radius 3 is 2.92 bits per heavy atom. The van der Waals surface area contributed by atoms with Gasteiger partial charge in [-0.1, -0.05) is 18.2 Å². The summed E-state index contributed by atoms with van der Waals surface area (Å²) < 4.78 is 11.7. The zero-order chi connectivity index (χ0) is 16.4. The van der Waals surface area contributed by atoms with Crippen molar-refractivity contribution in [3.63, 3.8) is 0 Å². The molecule has 0 amide bonds. The first-order valence-electron chi connectivity index (χ1n) is 7.92. The van der Waals surface area contributed by atoms with E-state index in [1.54, 1.807) is 11.3 Å². The maximum Gasteiger partial charge on any atom is 0.247 e. The number of hydrogen-bond donors (Lipinski definition) is 0. The molecule has 0 bridgehead atoms. The molecule has 124 valence electrons. The number of aromatic nitrogens is 3. The Morgan fingerprint density at radius 1 is 1.25 bits per heavy atom. The first kappa shape index (κ1) is 15.4. The summed E-state index contributed by atoms with van der Waals surface area (Å²) >= 11 is 1.65. The quantitative estimate of drug-likeness (QED) is 0.726. The van der Waals surface area contributed by atoms with Crippen LogP contribution < -0.4 is 0 Å². The summed E-state index contributed by atoms with van der Waals surface area (Å²) in [5.41, 5.74) is 1.98. The molecule has 1 aliphatic heterocycles. The van der Waals surface area contributed by atoms with Gasteiger partial charge >= 0.3 is 0 Å². The highest BCUT2D eigenvalue weighted by atomic mass is 32.1. The molecular formula is C17H18N4O2S. The standard InChI is InChI=1S/C17H18N4O2S/c1-12-11-24-17(18-12)14-9-21(7-8-22-14)10-15-19-20-16(23-15)13-5-3-2-4-6-13/h2-6,11,14H,7-10H2,1H3. The highest BCUT2D eigenvalue weighted by Crippen LogP contribution is 2.26. The minimum atomic E-state index is 0.0222. The number of hydrogen-bond acceptors (Lipinski definition) is 7. The predicted octanol–water partition coefficient (Wildman–Crippen LogP) is 3.08. The Balaban J connectivity index is 1.43. The van der Waals surface area contributed by atoms with E-state index in [0.29, 0.717) is 24.9 Å². The summed E-state index contributed by atoms with van der Waals surface area (Å²) in [7, 11) is 0. The molecule has 1 atom stereocenters. The van der Waals surface area contributed by atoms with Crippen LogP contribution in [0, 0.1) is 6.92 Å². The van der Waals surface area contributed by atoms with Crippen LogP contribution in [0.15, 0.2) is 40.1 Å². The van der Waals surface area contributed by atoms with E-state index >= 15 is 0 Å². The second kappa shape index (κ2) is 6.80. The lowest BCUT2D eigenvalue weighted by atomic mass is 10.2. The summed E-state index contributed by atoms with van der Waals surface area (Å²) in [6.07, 6.45) is 0.0222.